The number of aliphatic hydroxyl groups excluding tert-OH is 1. The van der Waals surface area contributed by atoms with Crippen LogP contribution in [-0.2, 0) is 9.84 Å². The molecule has 0 spiro atoms. The van der Waals surface area contributed by atoms with Crippen molar-refractivity contribution >= 4 is 9.84 Å². The van der Waals surface area contributed by atoms with Crippen LogP contribution in [0, 0.1) is 0 Å². The molecule has 172 valence electrons. The molecule has 30 heavy (non-hydrogen) atoms. The van der Waals surface area contributed by atoms with Crippen LogP contribution in [0.5, 0.6) is 0 Å². The first-order valence-corrected chi connectivity index (χ1v) is 13.9. The predicted octanol–water partition coefficient (Wildman–Crippen LogP) is 5.60. The maximum Gasteiger partial charge on any atom is 0.178 e. The monoisotopic (exact) mass is 437 g/mol. The minimum Gasteiger partial charge on any atom is -0.395 e. The van der Waals surface area contributed by atoms with Crippen molar-refractivity contribution in [3.05, 3.63) is 30.3 Å². The summed E-state index contributed by atoms with van der Waals surface area (Å²) in [6.07, 6.45) is 17.1. The molecular weight excluding hydrogens is 394 g/mol. The SMILES string of the molecule is O=S(=O)(CCCCCCCCCCCCCCN1CCC[C@@H]1CO)c1ccccc1. The highest BCUT2D eigenvalue weighted by molar-refractivity contribution is 7.91. The van der Waals surface area contributed by atoms with Crippen LogP contribution in [0.25, 0.3) is 0 Å². The van der Waals surface area contributed by atoms with Gasteiger partial charge in [0.15, 0.2) is 9.84 Å². The van der Waals surface area contributed by atoms with E-state index < -0.39 is 9.84 Å². The highest BCUT2D eigenvalue weighted by Crippen LogP contribution is 2.18. The summed E-state index contributed by atoms with van der Waals surface area (Å²) in [4.78, 5) is 2.92. The number of likely N-dealkylation sites (tertiary alicyclic amines) is 1. The maximum atomic E-state index is 12.2. The van der Waals surface area contributed by atoms with Gasteiger partial charge in [-0.3, -0.25) is 4.90 Å². The van der Waals surface area contributed by atoms with Gasteiger partial charge in [0.25, 0.3) is 0 Å². The van der Waals surface area contributed by atoms with Crippen molar-refractivity contribution in [2.24, 2.45) is 0 Å². The zero-order chi connectivity index (χ0) is 21.5. The van der Waals surface area contributed by atoms with Crippen molar-refractivity contribution in [2.45, 2.75) is 101 Å². The molecule has 0 aliphatic carbocycles. The molecule has 1 saturated heterocycles. The number of hydrogen-bond acceptors (Lipinski definition) is 4. The number of unbranched alkanes of at least 4 members (excludes halogenated alkanes) is 11. The van der Waals surface area contributed by atoms with Gasteiger partial charge in [0, 0.05) is 6.04 Å². The van der Waals surface area contributed by atoms with Gasteiger partial charge >= 0.3 is 0 Å². The first kappa shape index (κ1) is 25.4. The van der Waals surface area contributed by atoms with Gasteiger partial charge in [0.1, 0.15) is 0 Å². The molecule has 0 aromatic heterocycles. The lowest BCUT2D eigenvalue weighted by molar-refractivity contribution is 0.157. The molecule has 2 rings (SSSR count). The second-order valence-corrected chi connectivity index (χ2v) is 11.0. The Hall–Kier alpha value is -0.910. The lowest BCUT2D eigenvalue weighted by atomic mass is 10.1. The summed E-state index contributed by atoms with van der Waals surface area (Å²) in [7, 11) is -3.10. The standard InChI is InChI=1S/C25H43NO3S/c27-23-24-17-16-21-26(24)20-14-9-7-5-3-1-2-4-6-8-10-15-22-30(28,29)25-18-12-11-13-19-25/h11-13,18-19,24,27H,1-10,14-17,20-23H2/t24-/m1/s1. The molecule has 4 nitrogen and oxygen atoms in total. The fourth-order valence-electron chi connectivity index (χ4n) is 4.52. The Morgan fingerprint density at radius 1 is 0.800 bits per heavy atom. The molecule has 0 unspecified atom stereocenters. The summed E-state index contributed by atoms with van der Waals surface area (Å²) in [6.45, 7) is 2.67. The van der Waals surface area contributed by atoms with Crippen LogP contribution in [-0.4, -0.2) is 49.9 Å². The predicted molar refractivity (Wildman–Crippen MR) is 126 cm³/mol. The van der Waals surface area contributed by atoms with E-state index in [1.165, 1.54) is 77.2 Å². The smallest absolute Gasteiger partial charge is 0.178 e. The number of hydrogen-bond donors (Lipinski definition) is 1. The van der Waals surface area contributed by atoms with E-state index in [2.05, 4.69) is 4.90 Å². The van der Waals surface area contributed by atoms with Gasteiger partial charge in [-0.1, -0.05) is 82.4 Å². The molecule has 1 aliphatic heterocycles. The molecule has 0 bridgehead atoms. The van der Waals surface area contributed by atoms with Gasteiger partial charge in [-0.25, -0.2) is 8.42 Å². The lowest BCUT2D eigenvalue weighted by Gasteiger charge is -2.22. The number of aliphatic hydroxyl groups is 1. The topological polar surface area (TPSA) is 57.6 Å². The molecule has 5 heteroatoms. The molecule has 1 heterocycles. The maximum absolute atomic E-state index is 12.2. The van der Waals surface area contributed by atoms with Crippen molar-refractivity contribution in [3.8, 4) is 0 Å². The Morgan fingerprint density at radius 2 is 1.33 bits per heavy atom. The molecule has 1 atom stereocenters. The summed E-state index contributed by atoms with van der Waals surface area (Å²) in [5.41, 5.74) is 0. The van der Waals surface area contributed by atoms with E-state index in [0.29, 0.717) is 17.5 Å². The number of benzene rings is 1. The van der Waals surface area contributed by atoms with Crippen molar-refractivity contribution in [2.75, 3.05) is 25.4 Å². The zero-order valence-electron chi connectivity index (χ0n) is 18.8. The van der Waals surface area contributed by atoms with Crippen LogP contribution < -0.4 is 0 Å². The molecule has 0 amide bonds. The average Bonchev–Trinajstić information content (AvgIpc) is 3.22. The third-order valence-electron chi connectivity index (χ3n) is 6.42. The normalized spacial score (nSPS) is 17.6. The molecule has 1 aliphatic rings. The number of nitrogens with zero attached hydrogens (tertiary/aromatic N) is 1. The second kappa shape index (κ2) is 15.0. The first-order valence-electron chi connectivity index (χ1n) is 12.3. The van der Waals surface area contributed by atoms with Crippen molar-refractivity contribution in [1.82, 2.24) is 4.90 Å². The van der Waals surface area contributed by atoms with E-state index >= 15 is 0 Å². The lowest BCUT2D eigenvalue weighted by Crippen LogP contribution is -2.32. The molecule has 1 fully saturated rings. The largest absolute Gasteiger partial charge is 0.395 e. The van der Waals surface area contributed by atoms with Crippen LogP contribution in [0.15, 0.2) is 35.2 Å². The first-order chi connectivity index (χ1) is 14.6. The highest BCUT2D eigenvalue weighted by atomic mass is 32.2. The quantitative estimate of drug-likeness (QED) is 0.322. The van der Waals surface area contributed by atoms with E-state index in [0.717, 1.165) is 25.8 Å². The van der Waals surface area contributed by atoms with E-state index in [1.807, 2.05) is 6.07 Å². The number of rotatable bonds is 17. The Balaban J connectivity index is 1.34. The van der Waals surface area contributed by atoms with E-state index in [9.17, 15) is 13.5 Å². The molecule has 1 aromatic carbocycles. The number of sulfone groups is 1. The highest BCUT2D eigenvalue weighted by Gasteiger charge is 2.22. The minimum absolute atomic E-state index is 0.273. The van der Waals surface area contributed by atoms with Crippen molar-refractivity contribution in [3.63, 3.8) is 0 Å². The Labute approximate surface area is 185 Å². The molecule has 1 aromatic rings. The van der Waals surface area contributed by atoms with Gasteiger partial charge in [0.05, 0.1) is 17.3 Å². The van der Waals surface area contributed by atoms with Crippen LogP contribution in [0.1, 0.15) is 89.9 Å². The van der Waals surface area contributed by atoms with E-state index in [1.54, 1.807) is 24.3 Å². The summed E-state index contributed by atoms with van der Waals surface area (Å²) in [5, 5.41) is 9.35. The molecule has 1 N–H and O–H groups in total. The summed E-state index contributed by atoms with van der Waals surface area (Å²) in [5.74, 6) is 0.273. The van der Waals surface area contributed by atoms with Crippen LogP contribution in [0.4, 0.5) is 0 Å². The third kappa shape index (κ3) is 9.93. The fraction of sp³-hybridized carbons (Fsp3) is 0.760. The van der Waals surface area contributed by atoms with Gasteiger partial charge in [-0.2, -0.15) is 0 Å². The molecular formula is C25H43NO3S. The molecule has 0 radical (unpaired) electrons. The third-order valence-corrected chi connectivity index (χ3v) is 8.24. The summed E-state index contributed by atoms with van der Waals surface area (Å²) in [6, 6.07) is 9.23. The summed E-state index contributed by atoms with van der Waals surface area (Å²) < 4.78 is 24.4. The minimum atomic E-state index is -3.10. The van der Waals surface area contributed by atoms with E-state index in [-0.39, 0.29) is 5.75 Å². The van der Waals surface area contributed by atoms with Gasteiger partial charge in [-0.05, 0) is 50.9 Å². The van der Waals surface area contributed by atoms with Gasteiger partial charge in [0.2, 0.25) is 0 Å². The van der Waals surface area contributed by atoms with Gasteiger partial charge in [-0.15, -0.1) is 0 Å². The van der Waals surface area contributed by atoms with Crippen LogP contribution >= 0.6 is 0 Å². The Morgan fingerprint density at radius 3 is 1.90 bits per heavy atom. The van der Waals surface area contributed by atoms with Gasteiger partial charge < -0.3 is 5.11 Å². The second-order valence-electron chi connectivity index (χ2n) is 8.89. The van der Waals surface area contributed by atoms with Crippen molar-refractivity contribution in [1.29, 1.82) is 0 Å². The van der Waals surface area contributed by atoms with Crippen LogP contribution in [0.3, 0.4) is 0 Å². The Bertz CT molecular complexity index is 648. The Kier molecular flexibility index (Phi) is 12.7. The van der Waals surface area contributed by atoms with Crippen LogP contribution in [0.2, 0.25) is 0 Å². The van der Waals surface area contributed by atoms with Crippen molar-refractivity contribution < 1.29 is 13.5 Å². The summed E-state index contributed by atoms with van der Waals surface area (Å²) >= 11 is 0. The zero-order valence-corrected chi connectivity index (χ0v) is 19.6. The molecule has 0 saturated carbocycles. The average molecular weight is 438 g/mol. The fourth-order valence-corrected chi connectivity index (χ4v) is 5.91. The van der Waals surface area contributed by atoms with E-state index in [4.69, 9.17) is 0 Å².